The van der Waals surface area contributed by atoms with Gasteiger partial charge >= 0.3 is 0 Å². The number of benzene rings is 2. The standard InChI is InChI=1S/C20H21FN2O2/c1-13-8-10-23(11-9-13)12-17-18(24)7-6-16-19(22-25-20(16)17)14-2-4-15(21)5-3-14/h2-7,13,24H,8-12H2,1H3. The number of phenolic OH excluding ortho intramolecular Hbond substituents is 1. The zero-order valence-electron chi connectivity index (χ0n) is 14.2. The Kier molecular flexibility index (Phi) is 4.17. The Hall–Kier alpha value is -2.40. The molecule has 4 nitrogen and oxygen atoms in total. The molecule has 3 aromatic rings. The maximum atomic E-state index is 13.2. The lowest BCUT2D eigenvalue weighted by Crippen LogP contribution is -2.32. The SMILES string of the molecule is CC1CCN(Cc2c(O)ccc3c(-c4ccc(F)cc4)noc23)CC1. The van der Waals surface area contributed by atoms with Gasteiger partial charge in [0.1, 0.15) is 17.3 Å². The number of nitrogens with zero attached hydrogens (tertiary/aromatic N) is 2. The maximum Gasteiger partial charge on any atom is 0.175 e. The molecule has 1 fully saturated rings. The number of rotatable bonds is 3. The minimum Gasteiger partial charge on any atom is -0.507 e. The Morgan fingerprint density at radius 2 is 1.88 bits per heavy atom. The van der Waals surface area contributed by atoms with Crippen LogP contribution < -0.4 is 0 Å². The second-order valence-corrected chi connectivity index (χ2v) is 6.94. The van der Waals surface area contributed by atoms with Crippen molar-refractivity contribution in [2.24, 2.45) is 5.92 Å². The van der Waals surface area contributed by atoms with Crippen LogP contribution in [0, 0.1) is 11.7 Å². The van der Waals surface area contributed by atoms with Crippen LogP contribution >= 0.6 is 0 Å². The molecule has 130 valence electrons. The Morgan fingerprint density at radius 3 is 2.60 bits per heavy atom. The van der Waals surface area contributed by atoms with Gasteiger partial charge in [-0.15, -0.1) is 0 Å². The van der Waals surface area contributed by atoms with Gasteiger partial charge in [-0.05, 0) is 68.2 Å². The monoisotopic (exact) mass is 340 g/mol. The first-order chi connectivity index (χ1) is 12.1. The molecule has 0 aliphatic carbocycles. The summed E-state index contributed by atoms with van der Waals surface area (Å²) in [4.78, 5) is 2.34. The molecule has 0 bridgehead atoms. The van der Waals surface area contributed by atoms with Crippen LogP contribution in [0.3, 0.4) is 0 Å². The average molecular weight is 340 g/mol. The van der Waals surface area contributed by atoms with Crippen LogP contribution in [0.15, 0.2) is 40.9 Å². The Bertz CT molecular complexity index is 881. The molecule has 0 spiro atoms. The molecule has 25 heavy (non-hydrogen) atoms. The van der Waals surface area contributed by atoms with Gasteiger partial charge in [0, 0.05) is 12.1 Å². The van der Waals surface area contributed by atoms with Crippen molar-refractivity contribution >= 4 is 11.0 Å². The number of aromatic nitrogens is 1. The highest BCUT2D eigenvalue weighted by Gasteiger charge is 2.21. The third-order valence-electron chi connectivity index (χ3n) is 5.09. The molecule has 1 saturated heterocycles. The Labute approximate surface area is 145 Å². The van der Waals surface area contributed by atoms with Gasteiger partial charge in [-0.1, -0.05) is 12.1 Å². The van der Waals surface area contributed by atoms with Crippen molar-refractivity contribution in [1.82, 2.24) is 10.1 Å². The van der Waals surface area contributed by atoms with Crippen molar-refractivity contribution < 1.29 is 14.0 Å². The quantitative estimate of drug-likeness (QED) is 0.759. The van der Waals surface area contributed by atoms with Crippen LogP contribution in [0.4, 0.5) is 4.39 Å². The van der Waals surface area contributed by atoms with E-state index in [4.69, 9.17) is 4.52 Å². The van der Waals surface area contributed by atoms with E-state index in [1.54, 1.807) is 18.2 Å². The molecule has 2 heterocycles. The molecule has 0 amide bonds. The minimum atomic E-state index is -0.283. The fraction of sp³-hybridized carbons (Fsp3) is 0.350. The second-order valence-electron chi connectivity index (χ2n) is 6.94. The fourth-order valence-electron chi connectivity index (χ4n) is 3.46. The molecule has 1 aliphatic rings. The molecule has 5 heteroatoms. The summed E-state index contributed by atoms with van der Waals surface area (Å²) in [5, 5.41) is 15.4. The molecule has 0 radical (unpaired) electrons. The van der Waals surface area contributed by atoms with Crippen LogP contribution in [0.5, 0.6) is 5.75 Å². The third kappa shape index (κ3) is 3.12. The lowest BCUT2D eigenvalue weighted by Gasteiger charge is -2.30. The average Bonchev–Trinajstić information content (AvgIpc) is 3.04. The van der Waals surface area contributed by atoms with E-state index in [0.717, 1.165) is 35.5 Å². The number of fused-ring (bicyclic) bond motifs is 1. The fourth-order valence-corrected chi connectivity index (χ4v) is 3.46. The number of hydrogen-bond donors (Lipinski definition) is 1. The molecule has 0 atom stereocenters. The first-order valence-corrected chi connectivity index (χ1v) is 8.70. The van der Waals surface area contributed by atoms with Crippen molar-refractivity contribution in [3.63, 3.8) is 0 Å². The van der Waals surface area contributed by atoms with Crippen LogP contribution in [-0.2, 0) is 6.54 Å². The van der Waals surface area contributed by atoms with E-state index in [-0.39, 0.29) is 11.6 Å². The highest BCUT2D eigenvalue weighted by Crippen LogP contribution is 2.35. The van der Waals surface area contributed by atoms with E-state index in [2.05, 4.69) is 17.0 Å². The van der Waals surface area contributed by atoms with E-state index in [9.17, 15) is 9.50 Å². The third-order valence-corrected chi connectivity index (χ3v) is 5.09. The smallest absolute Gasteiger partial charge is 0.175 e. The molecule has 1 aromatic heterocycles. The van der Waals surface area contributed by atoms with Gasteiger partial charge in [-0.2, -0.15) is 0 Å². The highest BCUT2D eigenvalue weighted by molar-refractivity contribution is 5.94. The van der Waals surface area contributed by atoms with Gasteiger partial charge in [0.15, 0.2) is 5.58 Å². The van der Waals surface area contributed by atoms with Crippen molar-refractivity contribution in [3.05, 3.63) is 47.8 Å². The summed E-state index contributed by atoms with van der Waals surface area (Å²) in [6, 6.07) is 9.69. The van der Waals surface area contributed by atoms with E-state index in [0.29, 0.717) is 17.8 Å². The zero-order valence-corrected chi connectivity index (χ0v) is 14.2. The van der Waals surface area contributed by atoms with Crippen LogP contribution in [-0.4, -0.2) is 28.3 Å². The summed E-state index contributed by atoms with van der Waals surface area (Å²) in [6.07, 6.45) is 2.35. The highest BCUT2D eigenvalue weighted by atomic mass is 19.1. The van der Waals surface area contributed by atoms with Crippen molar-refractivity contribution in [2.45, 2.75) is 26.3 Å². The minimum absolute atomic E-state index is 0.230. The van der Waals surface area contributed by atoms with Crippen LogP contribution in [0.25, 0.3) is 22.2 Å². The molecule has 2 aromatic carbocycles. The second kappa shape index (κ2) is 6.48. The summed E-state index contributed by atoms with van der Waals surface area (Å²) in [5.74, 6) is 0.707. The molecular formula is C20H21FN2O2. The van der Waals surface area contributed by atoms with Gasteiger partial charge in [-0.3, -0.25) is 4.90 Å². The molecule has 1 aliphatic heterocycles. The number of piperidine rings is 1. The summed E-state index contributed by atoms with van der Waals surface area (Å²) in [7, 11) is 0. The maximum absolute atomic E-state index is 13.2. The van der Waals surface area contributed by atoms with E-state index >= 15 is 0 Å². The Balaban J connectivity index is 1.70. The summed E-state index contributed by atoms with van der Waals surface area (Å²) >= 11 is 0. The predicted molar refractivity (Wildman–Crippen MR) is 94.7 cm³/mol. The predicted octanol–water partition coefficient (Wildman–Crippen LogP) is 4.57. The van der Waals surface area contributed by atoms with E-state index < -0.39 is 0 Å². The molecule has 0 saturated carbocycles. The first kappa shape index (κ1) is 16.1. The molecule has 1 N–H and O–H groups in total. The topological polar surface area (TPSA) is 49.5 Å². The summed E-state index contributed by atoms with van der Waals surface area (Å²) in [5.41, 5.74) is 2.85. The van der Waals surface area contributed by atoms with Crippen molar-refractivity contribution in [3.8, 4) is 17.0 Å². The van der Waals surface area contributed by atoms with E-state index in [1.807, 2.05) is 6.07 Å². The summed E-state index contributed by atoms with van der Waals surface area (Å²) in [6.45, 7) is 4.97. The van der Waals surface area contributed by atoms with Gasteiger partial charge < -0.3 is 9.63 Å². The number of halogens is 1. The number of likely N-dealkylation sites (tertiary alicyclic amines) is 1. The Morgan fingerprint density at radius 1 is 1.16 bits per heavy atom. The number of phenols is 1. The van der Waals surface area contributed by atoms with Crippen LogP contribution in [0.2, 0.25) is 0 Å². The molecule has 4 rings (SSSR count). The van der Waals surface area contributed by atoms with Gasteiger partial charge in [0.25, 0.3) is 0 Å². The van der Waals surface area contributed by atoms with Crippen molar-refractivity contribution in [2.75, 3.05) is 13.1 Å². The van der Waals surface area contributed by atoms with Gasteiger partial charge in [0.2, 0.25) is 0 Å². The lowest BCUT2D eigenvalue weighted by molar-refractivity contribution is 0.183. The van der Waals surface area contributed by atoms with E-state index in [1.165, 1.54) is 25.0 Å². The van der Waals surface area contributed by atoms with Crippen LogP contribution in [0.1, 0.15) is 25.3 Å². The summed E-state index contributed by atoms with van der Waals surface area (Å²) < 4.78 is 18.7. The largest absolute Gasteiger partial charge is 0.507 e. The number of aromatic hydroxyl groups is 1. The van der Waals surface area contributed by atoms with Gasteiger partial charge in [-0.25, -0.2) is 4.39 Å². The lowest BCUT2D eigenvalue weighted by atomic mass is 9.98. The zero-order chi connectivity index (χ0) is 17.4. The normalized spacial score (nSPS) is 16.6. The molecule has 0 unspecified atom stereocenters. The number of hydrogen-bond acceptors (Lipinski definition) is 4. The van der Waals surface area contributed by atoms with Crippen molar-refractivity contribution in [1.29, 1.82) is 0 Å². The van der Waals surface area contributed by atoms with Gasteiger partial charge in [0.05, 0.1) is 10.9 Å². The first-order valence-electron chi connectivity index (χ1n) is 8.70. The molecular weight excluding hydrogens is 319 g/mol.